The maximum atomic E-state index is 13.6. The van der Waals surface area contributed by atoms with E-state index in [9.17, 15) is 8.78 Å². The molecule has 0 unspecified atom stereocenters. The number of halogens is 3. The molecule has 0 amide bonds. The van der Waals surface area contributed by atoms with E-state index >= 15 is 0 Å². The summed E-state index contributed by atoms with van der Waals surface area (Å²) in [7, 11) is 1.89. The number of pyridine rings is 1. The first-order valence-electron chi connectivity index (χ1n) is 12.9. The Hall–Kier alpha value is -3.97. The largest absolute Gasteiger partial charge is 0.443 e. The van der Waals surface area contributed by atoms with Crippen LogP contribution in [0.15, 0.2) is 114 Å². The van der Waals surface area contributed by atoms with Crippen LogP contribution in [-0.2, 0) is 18.9 Å². The minimum absolute atomic E-state index is 0.119. The van der Waals surface area contributed by atoms with E-state index < -0.39 is 5.92 Å². The summed E-state index contributed by atoms with van der Waals surface area (Å²) < 4.78 is 33.1. The van der Waals surface area contributed by atoms with E-state index in [-0.39, 0.29) is 5.56 Å². The van der Waals surface area contributed by atoms with Crippen LogP contribution in [-0.4, -0.2) is 27.7 Å². The molecule has 0 radical (unpaired) electrons. The molecule has 0 aliphatic carbocycles. The molecule has 2 aromatic carbocycles. The van der Waals surface area contributed by atoms with Crippen LogP contribution in [0.5, 0.6) is 5.75 Å². The van der Waals surface area contributed by atoms with Gasteiger partial charge in [0.2, 0.25) is 0 Å². The number of aromatic nitrogens is 1. The van der Waals surface area contributed by atoms with Crippen molar-refractivity contribution in [3.63, 3.8) is 0 Å². The molecule has 2 heterocycles. The maximum absolute atomic E-state index is 13.6. The third-order valence-corrected chi connectivity index (χ3v) is 6.62. The summed E-state index contributed by atoms with van der Waals surface area (Å²) in [6.45, 7) is 15.3. The van der Waals surface area contributed by atoms with Gasteiger partial charge in [-0.3, -0.25) is 4.98 Å². The molecule has 0 saturated carbocycles. The summed E-state index contributed by atoms with van der Waals surface area (Å²) >= 11 is 5.67. The highest BCUT2D eigenvalue weighted by Gasteiger charge is 2.28. The molecule has 0 bridgehead atoms. The Morgan fingerprint density at radius 1 is 1.07 bits per heavy atom. The lowest BCUT2D eigenvalue weighted by Crippen LogP contribution is -2.37. The molecule has 4 rings (SSSR count). The monoisotopic (exact) mass is 564 g/mol. The topological polar surface area (TPSA) is 41.0 Å². The van der Waals surface area contributed by atoms with Gasteiger partial charge in [-0.25, -0.2) is 8.78 Å². The van der Waals surface area contributed by atoms with Gasteiger partial charge in [0, 0.05) is 48.9 Å². The average Bonchev–Trinajstić information content (AvgIpc) is 2.93. The fourth-order valence-corrected chi connectivity index (χ4v) is 4.03. The number of alkyl halides is 2. The fraction of sp³-hybridized carbons (Fsp3) is 0.250. The Morgan fingerprint density at radius 2 is 1.77 bits per heavy atom. The van der Waals surface area contributed by atoms with E-state index in [1.165, 1.54) is 23.8 Å². The number of rotatable bonds is 6. The predicted molar refractivity (Wildman–Crippen MR) is 159 cm³/mol. The van der Waals surface area contributed by atoms with Crippen molar-refractivity contribution in [3.8, 4) is 5.75 Å². The average molecular weight is 565 g/mol. The molecule has 0 saturated heterocycles. The fourth-order valence-electron chi connectivity index (χ4n) is 3.90. The van der Waals surface area contributed by atoms with Crippen molar-refractivity contribution in [1.82, 2.24) is 14.8 Å². The standard InChI is InChI=1S/C24H26F2N4O.C8H9Cl/c1-16-17(2)29(6)19(4)30(15-21-11-7-8-13-27-21)23(16)28-18(3)31-22-12-9-10-20(14-22)24(5,25)26;1-2-7-3-5-8(9)6-4-7/h7-14H,2,4,15H2,1,3,5-6H3;3-6H,2H2,1H3/b28-18+;. The number of benzene rings is 2. The van der Waals surface area contributed by atoms with Crippen molar-refractivity contribution in [2.24, 2.45) is 4.99 Å². The molecular formula is C32H35ClF2N4O. The van der Waals surface area contributed by atoms with Crippen LogP contribution >= 0.6 is 11.6 Å². The minimum Gasteiger partial charge on any atom is -0.443 e. The zero-order valence-electron chi connectivity index (χ0n) is 23.6. The zero-order chi connectivity index (χ0) is 29.4. The van der Waals surface area contributed by atoms with Crippen LogP contribution in [0.4, 0.5) is 8.78 Å². The van der Waals surface area contributed by atoms with Crippen LogP contribution in [0.2, 0.25) is 5.02 Å². The van der Waals surface area contributed by atoms with Gasteiger partial charge >= 0.3 is 0 Å². The minimum atomic E-state index is -2.95. The molecule has 210 valence electrons. The molecule has 40 heavy (non-hydrogen) atoms. The quantitative estimate of drug-likeness (QED) is 0.222. The highest BCUT2D eigenvalue weighted by atomic mass is 35.5. The summed E-state index contributed by atoms with van der Waals surface area (Å²) in [6, 6.07) is 19.5. The molecular weight excluding hydrogens is 530 g/mol. The van der Waals surface area contributed by atoms with Crippen LogP contribution in [0.3, 0.4) is 0 Å². The number of allylic oxidation sites excluding steroid dienone is 1. The van der Waals surface area contributed by atoms with E-state index in [0.29, 0.717) is 29.8 Å². The lowest BCUT2D eigenvalue weighted by molar-refractivity contribution is 0.0173. The summed E-state index contributed by atoms with van der Waals surface area (Å²) in [4.78, 5) is 12.9. The molecule has 0 spiro atoms. The van der Waals surface area contributed by atoms with E-state index in [2.05, 4.69) is 30.1 Å². The van der Waals surface area contributed by atoms with Crippen LogP contribution < -0.4 is 4.74 Å². The van der Waals surface area contributed by atoms with Gasteiger partial charge in [0.1, 0.15) is 17.4 Å². The van der Waals surface area contributed by atoms with Crippen molar-refractivity contribution in [2.45, 2.75) is 46.6 Å². The second kappa shape index (κ2) is 13.4. The number of aryl methyl sites for hydroxylation is 1. The number of nitrogens with zero attached hydrogens (tertiary/aromatic N) is 4. The summed E-state index contributed by atoms with van der Waals surface area (Å²) in [5, 5.41) is 0.812. The number of hydrogen-bond donors (Lipinski definition) is 0. The van der Waals surface area contributed by atoms with E-state index in [1.54, 1.807) is 19.2 Å². The lowest BCUT2D eigenvalue weighted by atomic mass is 10.1. The van der Waals surface area contributed by atoms with E-state index in [4.69, 9.17) is 16.3 Å². The van der Waals surface area contributed by atoms with Crippen molar-refractivity contribution >= 4 is 17.5 Å². The SMILES string of the molecule is C=C1C(C)=C(/N=C(\C)Oc2cccc(C(C)(F)F)c2)N(Cc2ccccn2)C(=C)N1C.CCc1ccc(Cl)cc1. The molecule has 0 fully saturated rings. The normalized spacial score (nSPS) is 14.2. The molecule has 1 aliphatic heterocycles. The van der Waals surface area contributed by atoms with Gasteiger partial charge in [-0.1, -0.05) is 62.0 Å². The Balaban J connectivity index is 0.000000415. The second-order valence-corrected chi connectivity index (χ2v) is 9.84. The summed E-state index contributed by atoms with van der Waals surface area (Å²) in [5.74, 6) is -1.04. The zero-order valence-corrected chi connectivity index (χ0v) is 24.3. The predicted octanol–water partition coefficient (Wildman–Crippen LogP) is 8.56. The third kappa shape index (κ3) is 8.02. The highest BCUT2D eigenvalue weighted by Crippen LogP contribution is 2.33. The maximum Gasteiger partial charge on any atom is 0.270 e. The highest BCUT2D eigenvalue weighted by molar-refractivity contribution is 6.30. The second-order valence-electron chi connectivity index (χ2n) is 9.41. The van der Waals surface area contributed by atoms with Crippen molar-refractivity contribution in [1.29, 1.82) is 0 Å². The lowest BCUT2D eigenvalue weighted by Gasteiger charge is -2.39. The van der Waals surface area contributed by atoms with Gasteiger partial charge in [-0.15, -0.1) is 0 Å². The smallest absolute Gasteiger partial charge is 0.270 e. The molecule has 5 nitrogen and oxygen atoms in total. The summed E-state index contributed by atoms with van der Waals surface area (Å²) in [6.07, 6.45) is 2.81. The number of aliphatic imine (C=N–C) groups is 1. The van der Waals surface area contributed by atoms with E-state index in [1.807, 2.05) is 66.2 Å². The number of ether oxygens (including phenoxy) is 1. The first-order valence-corrected chi connectivity index (χ1v) is 13.2. The van der Waals surface area contributed by atoms with Gasteiger partial charge in [0.15, 0.2) is 5.90 Å². The van der Waals surface area contributed by atoms with Crippen molar-refractivity contribution in [2.75, 3.05) is 7.05 Å². The van der Waals surface area contributed by atoms with Gasteiger partial charge in [-0.2, -0.15) is 4.99 Å². The summed E-state index contributed by atoms with van der Waals surface area (Å²) in [5.41, 5.74) is 3.68. The molecule has 3 aromatic rings. The van der Waals surface area contributed by atoms with Crippen molar-refractivity contribution < 1.29 is 13.5 Å². The molecule has 1 aromatic heterocycles. The van der Waals surface area contributed by atoms with Crippen LogP contribution in [0.1, 0.15) is 44.5 Å². The number of hydrogen-bond acceptors (Lipinski definition) is 5. The Bertz CT molecular complexity index is 1400. The van der Waals surface area contributed by atoms with Gasteiger partial charge in [0.25, 0.3) is 5.92 Å². The molecule has 1 aliphatic rings. The first kappa shape index (κ1) is 30.6. The Morgan fingerprint density at radius 3 is 2.38 bits per heavy atom. The number of likely N-dealkylation sites (N-methyl/N-ethyl adjacent to an activating group) is 1. The van der Waals surface area contributed by atoms with Gasteiger partial charge < -0.3 is 14.5 Å². The van der Waals surface area contributed by atoms with Crippen LogP contribution in [0.25, 0.3) is 0 Å². The first-order chi connectivity index (χ1) is 18.9. The third-order valence-electron chi connectivity index (χ3n) is 6.37. The van der Waals surface area contributed by atoms with Crippen LogP contribution in [0, 0.1) is 0 Å². The Kier molecular flexibility index (Phi) is 10.2. The molecule has 0 N–H and O–H groups in total. The molecule has 8 heteroatoms. The van der Waals surface area contributed by atoms with Gasteiger partial charge in [-0.05, 0) is 55.3 Å². The van der Waals surface area contributed by atoms with Gasteiger partial charge in [0.05, 0.1) is 12.2 Å². The van der Waals surface area contributed by atoms with E-state index in [0.717, 1.165) is 35.3 Å². The molecule has 0 atom stereocenters. The van der Waals surface area contributed by atoms with Crippen molar-refractivity contribution in [3.05, 3.63) is 131 Å². The Labute approximate surface area is 240 Å².